The fourth-order valence-electron chi connectivity index (χ4n) is 3.02. The van der Waals surface area contributed by atoms with Crippen LogP contribution in [0.4, 0.5) is 17.2 Å². The minimum atomic E-state index is -0.342. The fraction of sp³-hybridized carbons (Fsp3) is 0.217. The number of benzene rings is 2. The summed E-state index contributed by atoms with van der Waals surface area (Å²) in [5, 5.41) is 6.83. The number of anilines is 3. The van der Waals surface area contributed by atoms with E-state index in [2.05, 4.69) is 41.3 Å². The number of halogens is 1. The van der Waals surface area contributed by atoms with E-state index in [-0.39, 0.29) is 18.4 Å². The molecule has 0 bridgehead atoms. The molecule has 0 spiro atoms. The van der Waals surface area contributed by atoms with E-state index in [4.69, 9.17) is 4.74 Å². The number of likely N-dealkylation sites (N-methyl/N-ethyl adjacent to an activating group) is 1. The Bertz CT molecular complexity index is 1180. The van der Waals surface area contributed by atoms with Crippen LogP contribution in [0.3, 0.4) is 0 Å². The number of carbonyl (C=O) groups excluding carboxylic acids is 2. The molecule has 0 saturated heterocycles. The van der Waals surface area contributed by atoms with Crippen LogP contribution in [0.25, 0.3) is 10.9 Å². The standard InChI is InChI=1S/C23H24BrN5O4/c1-29(13-22(31)33-3)9-5-8-21(30)28-19-11-17-18(12-20(19)32-2)25-14-26-23(17)27-16-7-4-6-15(24)10-16/h4-8,10-12,14H,9,13H2,1-3H3,(H,28,30)(H,25,26,27)/b8-5+. The molecular formula is C23H24BrN5O4. The number of nitrogens with one attached hydrogen (secondary N) is 2. The number of ether oxygens (including phenoxy) is 2. The average molecular weight is 514 g/mol. The number of amides is 1. The fourth-order valence-corrected chi connectivity index (χ4v) is 3.42. The van der Waals surface area contributed by atoms with Crippen molar-refractivity contribution in [2.24, 2.45) is 0 Å². The van der Waals surface area contributed by atoms with Crippen molar-refractivity contribution in [1.29, 1.82) is 0 Å². The highest BCUT2D eigenvalue weighted by Crippen LogP contribution is 2.33. The zero-order valence-electron chi connectivity index (χ0n) is 18.5. The molecule has 1 amide bonds. The normalized spacial score (nSPS) is 11.1. The highest BCUT2D eigenvalue weighted by Gasteiger charge is 2.12. The molecule has 33 heavy (non-hydrogen) atoms. The Kier molecular flexibility index (Phi) is 8.34. The van der Waals surface area contributed by atoms with Crippen LogP contribution in [0.2, 0.25) is 0 Å². The van der Waals surface area contributed by atoms with Gasteiger partial charge in [-0.25, -0.2) is 9.97 Å². The van der Waals surface area contributed by atoms with Crippen molar-refractivity contribution in [3.8, 4) is 5.75 Å². The molecule has 0 radical (unpaired) electrons. The Labute approximate surface area is 199 Å². The molecule has 9 nitrogen and oxygen atoms in total. The van der Waals surface area contributed by atoms with E-state index in [0.29, 0.717) is 29.3 Å². The lowest BCUT2D eigenvalue weighted by molar-refractivity contribution is -0.141. The van der Waals surface area contributed by atoms with E-state index in [1.54, 1.807) is 30.2 Å². The van der Waals surface area contributed by atoms with Gasteiger partial charge in [-0.15, -0.1) is 0 Å². The second-order valence-electron chi connectivity index (χ2n) is 7.09. The van der Waals surface area contributed by atoms with Gasteiger partial charge in [0.1, 0.15) is 17.9 Å². The Hall–Kier alpha value is -3.50. The van der Waals surface area contributed by atoms with Gasteiger partial charge < -0.3 is 20.1 Å². The number of esters is 1. The summed E-state index contributed by atoms with van der Waals surface area (Å²) in [4.78, 5) is 34.2. The molecule has 1 aromatic heterocycles. The van der Waals surface area contributed by atoms with Crippen LogP contribution < -0.4 is 15.4 Å². The second-order valence-corrected chi connectivity index (χ2v) is 8.01. The zero-order valence-corrected chi connectivity index (χ0v) is 20.0. The number of nitrogens with zero attached hydrogens (tertiary/aromatic N) is 3. The highest BCUT2D eigenvalue weighted by atomic mass is 79.9. The molecule has 10 heteroatoms. The van der Waals surface area contributed by atoms with Crippen LogP contribution >= 0.6 is 15.9 Å². The Morgan fingerprint density at radius 3 is 2.73 bits per heavy atom. The first-order chi connectivity index (χ1) is 15.9. The first kappa shape index (κ1) is 24.1. The van der Waals surface area contributed by atoms with Gasteiger partial charge in [0.05, 0.1) is 32.0 Å². The van der Waals surface area contributed by atoms with Gasteiger partial charge in [-0.1, -0.05) is 28.1 Å². The van der Waals surface area contributed by atoms with Crippen LogP contribution in [0, 0.1) is 0 Å². The first-order valence-corrected chi connectivity index (χ1v) is 10.8. The van der Waals surface area contributed by atoms with Crippen molar-refractivity contribution >= 4 is 55.9 Å². The van der Waals surface area contributed by atoms with Crippen LogP contribution in [-0.2, 0) is 14.3 Å². The number of hydrogen-bond acceptors (Lipinski definition) is 8. The third-order valence-corrected chi connectivity index (χ3v) is 5.11. The maximum Gasteiger partial charge on any atom is 0.319 e. The summed E-state index contributed by atoms with van der Waals surface area (Å²) in [5.41, 5.74) is 2.00. The topological polar surface area (TPSA) is 106 Å². The summed E-state index contributed by atoms with van der Waals surface area (Å²) in [6.45, 7) is 0.542. The van der Waals surface area contributed by atoms with Crippen LogP contribution in [0.1, 0.15) is 0 Å². The number of rotatable bonds is 9. The van der Waals surface area contributed by atoms with Crippen LogP contribution in [-0.4, -0.2) is 61.1 Å². The smallest absolute Gasteiger partial charge is 0.319 e. The van der Waals surface area contributed by atoms with E-state index < -0.39 is 0 Å². The Morgan fingerprint density at radius 1 is 1.18 bits per heavy atom. The lowest BCUT2D eigenvalue weighted by Crippen LogP contribution is -2.27. The van der Waals surface area contributed by atoms with E-state index in [1.165, 1.54) is 26.6 Å². The van der Waals surface area contributed by atoms with Gasteiger partial charge >= 0.3 is 5.97 Å². The lowest BCUT2D eigenvalue weighted by Gasteiger charge is -2.14. The largest absolute Gasteiger partial charge is 0.494 e. The maximum absolute atomic E-state index is 12.5. The first-order valence-electron chi connectivity index (χ1n) is 9.98. The van der Waals surface area contributed by atoms with Gasteiger partial charge in [-0.2, -0.15) is 0 Å². The number of carbonyl (C=O) groups is 2. The van der Waals surface area contributed by atoms with Crippen LogP contribution in [0.5, 0.6) is 5.75 Å². The molecule has 0 aliphatic heterocycles. The number of aromatic nitrogens is 2. The predicted molar refractivity (Wildman–Crippen MR) is 131 cm³/mol. The number of hydrogen-bond donors (Lipinski definition) is 2. The van der Waals surface area contributed by atoms with Gasteiger partial charge in [-0.3, -0.25) is 14.5 Å². The number of methoxy groups -OCH3 is 2. The third-order valence-electron chi connectivity index (χ3n) is 4.61. The van der Waals surface area contributed by atoms with Crippen molar-refractivity contribution in [3.05, 3.63) is 59.4 Å². The van der Waals surface area contributed by atoms with E-state index in [1.807, 2.05) is 24.3 Å². The summed E-state index contributed by atoms with van der Waals surface area (Å²) in [6, 6.07) is 11.2. The monoisotopic (exact) mass is 513 g/mol. The molecule has 2 aromatic carbocycles. The Balaban J connectivity index is 1.79. The lowest BCUT2D eigenvalue weighted by atomic mass is 10.2. The molecule has 0 unspecified atom stereocenters. The molecule has 172 valence electrons. The van der Waals surface area contributed by atoms with Gasteiger partial charge in [-0.05, 0) is 31.3 Å². The summed E-state index contributed by atoms with van der Waals surface area (Å²) in [5.74, 6) is 0.388. The summed E-state index contributed by atoms with van der Waals surface area (Å²) in [7, 11) is 4.61. The molecule has 0 fully saturated rings. The van der Waals surface area contributed by atoms with Crippen molar-refractivity contribution in [3.63, 3.8) is 0 Å². The molecule has 0 aliphatic carbocycles. The molecule has 1 heterocycles. The maximum atomic E-state index is 12.5. The summed E-state index contributed by atoms with van der Waals surface area (Å²) in [6.07, 6.45) is 4.53. The molecule has 0 aliphatic rings. The van der Waals surface area contributed by atoms with E-state index in [9.17, 15) is 9.59 Å². The molecular weight excluding hydrogens is 490 g/mol. The highest BCUT2D eigenvalue weighted by molar-refractivity contribution is 9.10. The van der Waals surface area contributed by atoms with Gasteiger partial charge in [0.15, 0.2) is 0 Å². The SMILES string of the molecule is COC(=O)CN(C)C/C=C/C(=O)Nc1cc2c(Nc3cccc(Br)c3)ncnc2cc1OC. The van der Waals surface area contributed by atoms with Crippen LogP contribution in [0.15, 0.2) is 59.4 Å². The molecule has 0 saturated carbocycles. The molecule has 2 N–H and O–H groups in total. The van der Waals surface area contributed by atoms with E-state index >= 15 is 0 Å². The minimum absolute atomic E-state index is 0.134. The molecule has 3 aromatic rings. The zero-order chi connectivity index (χ0) is 23.8. The van der Waals surface area contributed by atoms with E-state index in [0.717, 1.165) is 15.5 Å². The number of fused-ring (bicyclic) bond motifs is 1. The van der Waals surface area contributed by atoms with Gasteiger partial charge in [0.25, 0.3) is 0 Å². The summed E-state index contributed by atoms with van der Waals surface area (Å²) < 4.78 is 11.0. The van der Waals surface area contributed by atoms with Crippen molar-refractivity contribution < 1.29 is 19.1 Å². The Morgan fingerprint density at radius 2 is 2.00 bits per heavy atom. The minimum Gasteiger partial charge on any atom is -0.494 e. The van der Waals surface area contributed by atoms with Crippen molar-refractivity contribution in [2.75, 3.05) is 45.0 Å². The van der Waals surface area contributed by atoms with Crippen molar-refractivity contribution in [1.82, 2.24) is 14.9 Å². The molecule has 0 atom stereocenters. The van der Waals surface area contributed by atoms with Gasteiger partial charge in [0, 0.05) is 34.2 Å². The average Bonchev–Trinajstić information content (AvgIpc) is 2.79. The van der Waals surface area contributed by atoms with Gasteiger partial charge in [0.2, 0.25) is 5.91 Å². The summed E-state index contributed by atoms with van der Waals surface area (Å²) >= 11 is 3.46. The predicted octanol–water partition coefficient (Wildman–Crippen LogP) is 3.74. The molecule has 3 rings (SSSR count). The third kappa shape index (κ3) is 6.74. The van der Waals surface area contributed by atoms with Crippen molar-refractivity contribution in [2.45, 2.75) is 0 Å². The quantitative estimate of drug-likeness (QED) is 0.329. The second kappa shape index (κ2) is 11.4.